The molecule has 9 heteroatoms. The summed E-state index contributed by atoms with van der Waals surface area (Å²) in [5.74, 6) is -0.354. The van der Waals surface area contributed by atoms with Gasteiger partial charge in [-0.1, -0.05) is 18.2 Å². The second-order valence-corrected chi connectivity index (χ2v) is 10.0. The fourth-order valence-corrected chi connectivity index (χ4v) is 6.46. The van der Waals surface area contributed by atoms with Crippen molar-refractivity contribution in [3.63, 3.8) is 0 Å². The molecule has 2 aromatic heterocycles. The molecule has 3 aromatic rings. The van der Waals surface area contributed by atoms with Gasteiger partial charge in [-0.25, -0.2) is 13.4 Å². The Balaban J connectivity index is 1.53. The van der Waals surface area contributed by atoms with Gasteiger partial charge < -0.3 is 4.90 Å². The van der Waals surface area contributed by atoms with Crippen LogP contribution in [0, 0.1) is 0 Å². The molecule has 0 bridgehead atoms. The number of sulfone groups is 1. The number of carbonyl (C=O) groups is 1. The maximum absolute atomic E-state index is 12.8. The molecule has 1 saturated heterocycles. The Hall–Kier alpha value is -2.52. The van der Waals surface area contributed by atoms with E-state index in [4.69, 9.17) is 0 Å². The molecule has 4 rings (SSSR count). The molecule has 0 aliphatic carbocycles. The number of hydrogen-bond acceptors (Lipinski definition) is 6. The van der Waals surface area contributed by atoms with E-state index in [0.29, 0.717) is 23.9 Å². The van der Waals surface area contributed by atoms with Gasteiger partial charge in [0.15, 0.2) is 9.84 Å². The van der Waals surface area contributed by atoms with Gasteiger partial charge in [0.05, 0.1) is 28.2 Å². The minimum absolute atomic E-state index is 0.0772. The first-order valence-corrected chi connectivity index (χ1v) is 11.5. The van der Waals surface area contributed by atoms with Crippen LogP contribution in [0.4, 0.5) is 0 Å². The van der Waals surface area contributed by atoms with Crippen LogP contribution in [0.25, 0.3) is 10.9 Å². The summed E-state index contributed by atoms with van der Waals surface area (Å²) in [5, 5.41) is 1.74. The van der Waals surface area contributed by atoms with Gasteiger partial charge >= 0.3 is 0 Å². The molecule has 1 atom stereocenters. The Morgan fingerprint density at radius 2 is 2.00 bits per heavy atom. The fourth-order valence-electron chi connectivity index (χ4n) is 3.45. The molecule has 1 aliphatic rings. The van der Waals surface area contributed by atoms with E-state index in [1.165, 1.54) is 27.1 Å². The zero-order valence-corrected chi connectivity index (χ0v) is 16.7. The number of fused-ring (bicyclic) bond motifs is 1. The molecule has 1 fully saturated rings. The first-order valence-electron chi connectivity index (χ1n) is 8.92. The van der Waals surface area contributed by atoms with Crippen molar-refractivity contribution in [3.05, 3.63) is 63.3 Å². The van der Waals surface area contributed by atoms with Gasteiger partial charge in [0, 0.05) is 18.0 Å². The third kappa shape index (κ3) is 3.59. The molecule has 0 saturated carbocycles. The third-order valence-electron chi connectivity index (χ3n) is 4.99. The fraction of sp³-hybridized carbons (Fsp3) is 0.316. The van der Waals surface area contributed by atoms with E-state index in [1.807, 2.05) is 17.5 Å². The van der Waals surface area contributed by atoms with Crippen LogP contribution in [0.1, 0.15) is 16.5 Å². The van der Waals surface area contributed by atoms with Crippen LogP contribution in [0.3, 0.4) is 0 Å². The number of aromatic nitrogens is 2. The number of para-hydroxylation sites is 1. The number of nitrogens with zero attached hydrogens (tertiary/aromatic N) is 3. The smallest absolute Gasteiger partial charge is 0.261 e. The molecule has 1 amide bonds. The Bertz CT molecular complexity index is 1170. The lowest BCUT2D eigenvalue weighted by Gasteiger charge is -2.20. The molecule has 7 nitrogen and oxygen atoms in total. The first-order chi connectivity index (χ1) is 13.5. The van der Waals surface area contributed by atoms with Gasteiger partial charge in [-0.15, -0.1) is 11.3 Å². The summed E-state index contributed by atoms with van der Waals surface area (Å²) < 4.78 is 26.5. The van der Waals surface area contributed by atoms with E-state index in [9.17, 15) is 18.0 Å². The van der Waals surface area contributed by atoms with Gasteiger partial charge in [-0.05, 0) is 30.0 Å². The summed E-state index contributed by atoms with van der Waals surface area (Å²) in [7, 11) is -3.32. The van der Waals surface area contributed by atoms with Crippen molar-refractivity contribution in [1.29, 1.82) is 0 Å². The van der Waals surface area contributed by atoms with Gasteiger partial charge in [0.1, 0.15) is 6.54 Å². The number of carbonyl (C=O) groups excluding carboxylic acids is 1. The topological polar surface area (TPSA) is 89.3 Å². The minimum atomic E-state index is -3.32. The molecule has 0 N–H and O–H groups in total. The highest BCUT2D eigenvalue weighted by Gasteiger charge is 2.33. The summed E-state index contributed by atoms with van der Waals surface area (Å²) in [5.41, 5.74) is 0.300. The van der Waals surface area contributed by atoms with E-state index in [0.717, 1.165) is 4.88 Å². The lowest BCUT2D eigenvalue weighted by atomic mass is 10.2. The summed E-state index contributed by atoms with van der Waals surface area (Å²) >= 11 is 1.42. The standard InChI is InChI=1S/C19H19N3O4S2/c23-18(12-22-13-20-15-5-2-1-4-14(15)19(22)24)21-8-7-17(16-6-3-10-27-16)28(25,26)11-9-21/h1-6,10,13,17H,7-9,11-12H2/t17-/m1/s1. The number of amides is 1. The van der Waals surface area contributed by atoms with E-state index >= 15 is 0 Å². The second-order valence-electron chi connectivity index (χ2n) is 6.74. The normalized spacial score (nSPS) is 19.4. The van der Waals surface area contributed by atoms with Crippen molar-refractivity contribution in [2.45, 2.75) is 18.2 Å². The van der Waals surface area contributed by atoms with E-state index in [1.54, 1.807) is 24.3 Å². The van der Waals surface area contributed by atoms with Crippen LogP contribution in [0.15, 0.2) is 52.9 Å². The van der Waals surface area contributed by atoms with Crippen LogP contribution < -0.4 is 5.56 Å². The maximum Gasteiger partial charge on any atom is 0.261 e. The molecule has 0 unspecified atom stereocenters. The molecule has 146 valence electrons. The Morgan fingerprint density at radius 1 is 1.18 bits per heavy atom. The average molecular weight is 418 g/mol. The molecule has 1 aliphatic heterocycles. The Morgan fingerprint density at radius 3 is 2.79 bits per heavy atom. The lowest BCUT2D eigenvalue weighted by Crippen LogP contribution is -2.38. The Kier molecular flexibility index (Phi) is 5.03. The number of thiophene rings is 1. The first kappa shape index (κ1) is 18.8. The highest BCUT2D eigenvalue weighted by atomic mass is 32.2. The molecule has 0 radical (unpaired) electrons. The second kappa shape index (κ2) is 7.48. The molecule has 1 aromatic carbocycles. The maximum atomic E-state index is 12.8. The average Bonchev–Trinajstić information content (AvgIpc) is 3.15. The zero-order valence-electron chi connectivity index (χ0n) is 15.0. The lowest BCUT2D eigenvalue weighted by molar-refractivity contribution is -0.131. The monoisotopic (exact) mass is 417 g/mol. The molecule has 0 spiro atoms. The quantitative estimate of drug-likeness (QED) is 0.649. The van der Waals surface area contributed by atoms with Crippen molar-refractivity contribution >= 4 is 38.0 Å². The van der Waals surface area contributed by atoms with E-state index in [2.05, 4.69) is 4.98 Å². The van der Waals surface area contributed by atoms with Gasteiger partial charge in [0.2, 0.25) is 5.91 Å². The highest BCUT2D eigenvalue weighted by molar-refractivity contribution is 7.91. The van der Waals surface area contributed by atoms with E-state index in [-0.39, 0.29) is 30.3 Å². The predicted molar refractivity (Wildman–Crippen MR) is 108 cm³/mol. The summed E-state index contributed by atoms with van der Waals surface area (Å²) in [6.07, 6.45) is 1.73. The zero-order chi connectivity index (χ0) is 19.7. The van der Waals surface area contributed by atoms with Crippen molar-refractivity contribution in [3.8, 4) is 0 Å². The molecule has 28 heavy (non-hydrogen) atoms. The largest absolute Gasteiger partial charge is 0.340 e. The molecular weight excluding hydrogens is 398 g/mol. The number of rotatable bonds is 3. The molecular formula is C19H19N3O4S2. The van der Waals surface area contributed by atoms with Crippen LogP contribution in [-0.4, -0.2) is 47.6 Å². The number of benzene rings is 1. The van der Waals surface area contributed by atoms with Crippen molar-refractivity contribution in [1.82, 2.24) is 14.5 Å². The Labute approximate surface area is 166 Å². The van der Waals surface area contributed by atoms with Gasteiger partial charge in [-0.3, -0.25) is 14.2 Å². The molecule has 3 heterocycles. The summed E-state index contributed by atoms with van der Waals surface area (Å²) in [6, 6.07) is 10.6. The SMILES string of the molecule is O=C(Cn1cnc2ccccc2c1=O)N1CC[C@H](c2cccs2)S(=O)(=O)CC1. The van der Waals surface area contributed by atoms with Crippen LogP contribution in [0.5, 0.6) is 0 Å². The van der Waals surface area contributed by atoms with Gasteiger partial charge in [-0.2, -0.15) is 0 Å². The van der Waals surface area contributed by atoms with Crippen molar-refractivity contribution < 1.29 is 13.2 Å². The van der Waals surface area contributed by atoms with Crippen LogP contribution in [0.2, 0.25) is 0 Å². The van der Waals surface area contributed by atoms with E-state index < -0.39 is 15.1 Å². The van der Waals surface area contributed by atoms with Gasteiger partial charge in [0.25, 0.3) is 5.56 Å². The van der Waals surface area contributed by atoms with Crippen LogP contribution in [-0.2, 0) is 21.2 Å². The predicted octanol–water partition coefficient (Wildman–Crippen LogP) is 1.85. The minimum Gasteiger partial charge on any atom is -0.340 e. The van der Waals surface area contributed by atoms with Crippen LogP contribution >= 0.6 is 11.3 Å². The number of hydrogen-bond donors (Lipinski definition) is 0. The highest BCUT2D eigenvalue weighted by Crippen LogP contribution is 2.32. The summed E-state index contributed by atoms with van der Waals surface area (Å²) in [4.78, 5) is 31.9. The third-order valence-corrected chi connectivity index (χ3v) is 8.23. The van der Waals surface area contributed by atoms with Crippen molar-refractivity contribution in [2.24, 2.45) is 0 Å². The summed E-state index contributed by atoms with van der Waals surface area (Å²) in [6.45, 7) is 0.329. The van der Waals surface area contributed by atoms with Crippen molar-refractivity contribution in [2.75, 3.05) is 18.8 Å².